The summed E-state index contributed by atoms with van der Waals surface area (Å²) in [5.41, 5.74) is 2.57. The van der Waals surface area contributed by atoms with Crippen molar-refractivity contribution >= 4 is 5.91 Å². The first kappa shape index (κ1) is 19.4. The van der Waals surface area contributed by atoms with Gasteiger partial charge in [-0.2, -0.15) is 0 Å². The van der Waals surface area contributed by atoms with E-state index in [-0.39, 0.29) is 5.91 Å². The molecule has 26 heavy (non-hydrogen) atoms. The van der Waals surface area contributed by atoms with E-state index in [0.29, 0.717) is 24.9 Å². The van der Waals surface area contributed by atoms with Crippen molar-refractivity contribution in [2.75, 3.05) is 26.2 Å². The van der Waals surface area contributed by atoms with Gasteiger partial charge in [-0.05, 0) is 82.8 Å². The summed E-state index contributed by atoms with van der Waals surface area (Å²) in [6.45, 7) is 10.9. The van der Waals surface area contributed by atoms with Crippen LogP contribution in [-0.4, -0.2) is 47.9 Å². The van der Waals surface area contributed by atoms with Crippen LogP contribution in [0.1, 0.15) is 57.1 Å². The molecule has 0 aliphatic carbocycles. The van der Waals surface area contributed by atoms with Gasteiger partial charge < -0.3 is 10.2 Å². The van der Waals surface area contributed by atoms with Crippen molar-refractivity contribution in [2.24, 2.45) is 5.92 Å². The van der Waals surface area contributed by atoms with E-state index in [2.05, 4.69) is 53.2 Å². The summed E-state index contributed by atoms with van der Waals surface area (Å²) < 4.78 is 0. The molecule has 2 aliphatic heterocycles. The lowest BCUT2D eigenvalue weighted by Gasteiger charge is -2.34. The third-order valence-electron chi connectivity index (χ3n) is 5.94. The van der Waals surface area contributed by atoms with Crippen LogP contribution in [0.4, 0.5) is 0 Å². The molecular formula is C22H35N3O. The highest BCUT2D eigenvalue weighted by Gasteiger charge is 2.22. The Balaban J connectivity index is 1.40. The molecule has 0 aromatic heterocycles. The number of hydrogen-bond acceptors (Lipinski definition) is 3. The Hall–Kier alpha value is -1.39. The second-order valence-electron chi connectivity index (χ2n) is 8.36. The lowest BCUT2D eigenvalue weighted by molar-refractivity contribution is -0.122. The fourth-order valence-electron chi connectivity index (χ4n) is 4.25. The van der Waals surface area contributed by atoms with Gasteiger partial charge in [0.15, 0.2) is 0 Å². The van der Waals surface area contributed by atoms with E-state index in [1.54, 1.807) is 0 Å². The molecule has 0 unspecified atom stereocenters. The van der Waals surface area contributed by atoms with Crippen LogP contribution in [0.2, 0.25) is 0 Å². The molecule has 4 nitrogen and oxygen atoms in total. The smallest absolute Gasteiger partial charge is 0.220 e. The minimum atomic E-state index is 0.206. The zero-order valence-corrected chi connectivity index (χ0v) is 16.5. The Kier molecular flexibility index (Phi) is 7.09. The maximum absolute atomic E-state index is 12.3. The van der Waals surface area contributed by atoms with Gasteiger partial charge >= 0.3 is 0 Å². The highest BCUT2D eigenvalue weighted by atomic mass is 16.1. The molecule has 1 aromatic rings. The summed E-state index contributed by atoms with van der Waals surface area (Å²) in [5.74, 6) is 0.754. The molecule has 0 bridgehead atoms. The molecule has 2 fully saturated rings. The molecular weight excluding hydrogens is 322 g/mol. The zero-order chi connectivity index (χ0) is 18.4. The van der Waals surface area contributed by atoms with Crippen LogP contribution in [-0.2, 0) is 17.9 Å². The first-order valence-corrected chi connectivity index (χ1v) is 10.4. The Morgan fingerprint density at radius 2 is 1.81 bits per heavy atom. The maximum atomic E-state index is 12.3. The quantitative estimate of drug-likeness (QED) is 0.812. The predicted molar refractivity (Wildman–Crippen MR) is 107 cm³/mol. The van der Waals surface area contributed by atoms with Crippen molar-refractivity contribution in [3.05, 3.63) is 35.4 Å². The molecule has 0 atom stereocenters. The third kappa shape index (κ3) is 5.82. The SMILES string of the molecule is CC(C)N1CCC(CC(=O)NCc2cccc(CN3CCCC3)c2)CC1. The topological polar surface area (TPSA) is 35.6 Å². The summed E-state index contributed by atoms with van der Waals surface area (Å²) in [5, 5.41) is 3.13. The van der Waals surface area contributed by atoms with Crippen LogP contribution >= 0.6 is 0 Å². The molecule has 1 amide bonds. The molecule has 1 N–H and O–H groups in total. The summed E-state index contributed by atoms with van der Waals surface area (Å²) >= 11 is 0. The Morgan fingerprint density at radius 3 is 2.50 bits per heavy atom. The number of carbonyl (C=O) groups is 1. The molecule has 0 saturated carbocycles. The van der Waals surface area contributed by atoms with Crippen LogP contribution in [0.3, 0.4) is 0 Å². The van der Waals surface area contributed by atoms with E-state index in [1.807, 2.05) is 0 Å². The summed E-state index contributed by atoms with van der Waals surface area (Å²) in [4.78, 5) is 17.4. The lowest BCUT2D eigenvalue weighted by atomic mass is 9.92. The van der Waals surface area contributed by atoms with E-state index in [1.165, 1.54) is 37.1 Å². The van der Waals surface area contributed by atoms with E-state index < -0.39 is 0 Å². The third-order valence-corrected chi connectivity index (χ3v) is 5.94. The van der Waals surface area contributed by atoms with Crippen molar-refractivity contribution in [1.82, 2.24) is 15.1 Å². The minimum absolute atomic E-state index is 0.206. The van der Waals surface area contributed by atoms with Crippen LogP contribution in [0.25, 0.3) is 0 Å². The molecule has 2 saturated heterocycles. The number of piperidine rings is 1. The first-order valence-electron chi connectivity index (χ1n) is 10.4. The van der Waals surface area contributed by atoms with Gasteiger partial charge in [0, 0.05) is 25.6 Å². The van der Waals surface area contributed by atoms with E-state index in [0.717, 1.165) is 32.5 Å². The average molecular weight is 358 g/mol. The molecule has 0 spiro atoms. The van der Waals surface area contributed by atoms with Crippen LogP contribution in [0.5, 0.6) is 0 Å². The lowest BCUT2D eigenvalue weighted by Crippen LogP contribution is -2.39. The van der Waals surface area contributed by atoms with Gasteiger partial charge in [-0.15, -0.1) is 0 Å². The molecule has 2 aliphatic rings. The minimum Gasteiger partial charge on any atom is -0.352 e. The highest BCUT2D eigenvalue weighted by molar-refractivity contribution is 5.76. The predicted octanol–water partition coefficient (Wildman–Crippen LogP) is 3.41. The number of amides is 1. The van der Waals surface area contributed by atoms with Crippen molar-refractivity contribution in [1.29, 1.82) is 0 Å². The Bertz CT molecular complexity index is 573. The zero-order valence-electron chi connectivity index (χ0n) is 16.5. The standard InChI is InChI=1S/C22H35N3O/c1-18(2)25-12-8-19(9-13-25)15-22(26)23-16-20-6-5-7-21(14-20)17-24-10-3-4-11-24/h5-7,14,18-19H,3-4,8-13,15-17H2,1-2H3,(H,23,26). The van der Waals surface area contributed by atoms with Gasteiger partial charge in [-0.3, -0.25) is 9.69 Å². The van der Waals surface area contributed by atoms with E-state index in [9.17, 15) is 4.79 Å². The monoisotopic (exact) mass is 357 g/mol. The van der Waals surface area contributed by atoms with Crippen LogP contribution < -0.4 is 5.32 Å². The van der Waals surface area contributed by atoms with Gasteiger partial charge in [0.25, 0.3) is 0 Å². The largest absolute Gasteiger partial charge is 0.352 e. The summed E-state index contributed by atoms with van der Waals surface area (Å²) in [6, 6.07) is 9.31. The molecule has 4 heteroatoms. The Labute approximate surface area is 158 Å². The van der Waals surface area contributed by atoms with Crippen molar-refractivity contribution in [2.45, 2.75) is 65.1 Å². The van der Waals surface area contributed by atoms with Gasteiger partial charge in [0.05, 0.1) is 0 Å². The normalized spacial score (nSPS) is 20.0. The second kappa shape index (κ2) is 9.52. The average Bonchev–Trinajstić information content (AvgIpc) is 3.14. The molecule has 1 aromatic carbocycles. The highest BCUT2D eigenvalue weighted by Crippen LogP contribution is 2.21. The van der Waals surface area contributed by atoms with Crippen molar-refractivity contribution in [3.8, 4) is 0 Å². The van der Waals surface area contributed by atoms with Crippen molar-refractivity contribution < 1.29 is 4.79 Å². The number of nitrogens with zero attached hydrogens (tertiary/aromatic N) is 2. The van der Waals surface area contributed by atoms with Gasteiger partial charge in [-0.1, -0.05) is 24.3 Å². The van der Waals surface area contributed by atoms with Crippen molar-refractivity contribution in [3.63, 3.8) is 0 Å². The molecule has 0 radical (unpaired) electrons. The van der Waals surface area contributed by atoms with Crippen LogP contribution in [0.15, 0.2) is 24.3 Å². The summed E-state index contributed by atoms with van der Waals surface area (Å²) in [7, 11) is 0. The fourth-order valence-corrected chi connectivity index (χ4v) is 4.25. The Morgan fingerprint density at radius 1 is 1.12 bits per heavy atom. The van der Waals surface area contributed by atoms with Gasteiger partial charge in [0.1, 0.15) is 0 Å². The number of rotatable bonds is 7. The molecule has 2 heterocycles. The number of benzene rings is 1. The molecule has 3 rings (SSSR count). The maximum Gasteiger partial charge on any atom is 0.220 e. The van der Waals surface area contributed by atoms with E-state index >= 15 is 0 Å². The van der Waals surface area contributed by atoms with Crippen LogP contribution in [0, 0.1) is 5.92 Å². The van der Waals surface area contributed by atoms with E-state index in [4.69, 9.17) is 0 Å². The number of carbonyl (C=O) groups excluding carboxylic acids is 1. The fraction of sp³-hybridized carbons (Fsp3) is 0.682. The molecule has 144 valence electrons. The second-order valence-corrected chi connectivity index (χ2v) is 8.36. The van der Waals surface area contributed by atoms with Gasteiger partial charge in [-0.25, -0.2) is 0 Å². The summed E-state index contributed by atoms with van der Waals surface area (Å²) in [6.07, 6.45) is 5.63. The van der Waals surface area contributed by atoms with Gasteiger partial charge in [0.2, 0.25) is 5.91 Å². The number of hydrogen-bond donors (Lipinski definition) is 1. The number of nitrogens with one attached hydrogen (secondary N) is 1. The number of likely N-dealkylation sites (tertiary alicyclic amines) is 2. The first-order chi connectivity index (χ1) is 12.6.